The molecule has 132 valence electrons. The minimum absolute atomic E-state index is 0.0935. The second-order valence-electron chi connectivity index (χ2n) is 5.78. The van der Waals surface area contributed by atoms with Crippen LogP contribution in [0.3, 0.4) is 0 Å². The SMILES string of the molecule is CCc1cccc(NC(=S)NNC(=O)c2ccc(OC(C)C)cc2)c1. The molecule has 2 aromatic rings. The van der Waals surface area contributed by atoms with E-state index < -0.39 is 0 Å². The molecule has 0 heterocycles. The van der Waals surface area contributed by atoms with E-state index in [1.54, 1.807) is 24.3 Å². The van der Waals surface area contributed by atoms with Gasteiger partial charge in [0.15, 0.2) is 5.11 Å². The summed E-state index contributed by atoms with van der Waals surface area (Å²) in [5.41, 5.74) is 7.88. The molecule has 0 unspecified atom stereocenters. The molecule has 0 aromatic heterocycles. The van der Waals surface area contributed by atoms with Crippen molar-refractivity contribution in [3.05, 3.63) is 59.7 Å². The third kappa shape index (κ3) is 6.08. The van der Waals surface area contributed by atoms with Gasteiger partial charge in [0.25, 0.3) is 5.91 Å². The summed E-state index contributed by atoms with van der Waals surface area (Å²) in [5, 5.41) is 3.36. The zero-order chi connectivity index (χ0) is 18.2. The summed E-state index contributed by atoms with van der Waals surface area (Å²) in [6.07, 6.45) is 1.04. The summed E-state index contributed by atoms with van der Waals surface area (Å²) in [4.78, 5) is 12.1. The molecule has 2 rings (SSSR count). The third-order valence-corrected chi connectivity index (χ3v) is 3.58. The first kappa shape index (κ1) is 18.7. The fourth-order valence-corrected chi connectivity index (χ4v) is 2.34. The van der Waals surface area contributed by atoms with Crippen LogP contribution in [0.1, 0.15) is 36.7 Å². The summed E-state index contributed by atoms with van der Waals surface area (Å²) in [5.74, 6) is 0.454. The predicted octanol–water partition coefficient (Wildman–Crippen LogP) is 3.67. The lowest BCUT2D eigenvalue weighted by Gasteiger charge is -2.13. The normalized spacial score (nSPS) is 10.2. The van der Waals surface area contributed by atoms with E-state index in [4.69, 9.17) is 17.0 Å². The minimum Gasteiger partial charge on any atom is -0.491 e. The van der Waals surface area contributed by atoms with Gasteiger partial charge < -0.3 is 10.1 Å². The van der Waals surface area contributed by atoms with Crippen molar-refractivity contribution >= 4 is 28.9 Å². The van der Waals surface area contributed by atoms with Crippen molar-refractivity contribution in [1.29, 1.82) is 0 Å². The number of thiocarbonyl (C=S) groups is 1. The molecule has 6 heteroatoms. The fraction of sp³-hybridized carbons (Fsp3) is 0.263. The number of nitrogens with one attached hydrogen (secondary N) is 3. The van der Waals surface area contributed by atoms with E-state index in [0.717, 1.165) is 17.9 Å². The van der Waals surface area contributed by atoms with E-state index in [2.05, 4.69) is 29.2 Å². The van der Waals surface area contributed by atoms with Crippen LogP contribution in [-0.4, -0.2) is 17.1 Å². The number of carbonyl (C=O) groups excluding carboxylic acids is 1. The molecule has 0 spiro atoms. The van der Waals surface area contributed by atoms with Crippen molar-refractivity contribution in [2.24, 2.45) is 0 Å². The quantitative estimate of drug-likeness (QED) is 0.563. The van der Waals surface area contributed by atoms with Crippen molar-refractivity contribution in [3.63, 3.8) is 0 Å². The Morgan fingerprint density at radius 1 is 1.12 bits per heavy atom. The van der Waals surface area contributed by atoms with Gasteiger partial charge in [-0.25, -0.2) is 0 Å². The highest BCUT2D eigenvalue weighted by Gasteiger charge is 2.07. The standard InChI is InChI=1S/C19H23N3O2S/c1-4-14-6-5-7-16(12-14)20-19(25)22-21-18(23)15-8-10-17(11-9-15)24-13(2)3/h5-13H,4H2,1-3H3,(H,21,23)(H2,20,22,25). The number of carbonyl (C=O) groups is 1. The first-order chi connectivity index (χ1) is 12.0. The van der Waals surface area contributed by atoms with Crippen LogP contribution < -0.4 is 20.9 Å². The highest BCUT2D eigenvalue weighted by molar-refractivity contribution is 7.80. The van der Waals surface area contributed by atoms with Crippen LogP contribution >= 0.6 is 12.2 Å². The van der Waals surface area contributed by atoms with Crippen LogP contribution in [0.4, 0.5) is 5.69 Å². The summed E-state index contributed by atoms with van der Waals surface area (Å²) in [6, 6.07) is 14.9. The molecule has 0 saturated carbocycles. The molecule has 0 atom stereocenters. The van der Waals surface area contributed by atoms with Gasteiger partial charge in [-0.15, -0.1) is 0 Å². The van der Waals surface area contributed by atoms with Gasteiger partial charge in [-0.1, -0.05) is 19.1 Å². The Morgan fingerprint density at radius 2 is 1.84 bits per heavy atom. The summed E-state index contributed by atoms with van der Waals surface area (Å²) in [6.45, 7) is 6.00. The van der Waals surface area contributed by atoms with Crippen LogP contribution in [0.5, 0.6) is 5.75 Å². The second-order valence-corrected chi connectivity index (χ2v) is 6.19. The van der Waals surface area contributed by atoms with Crippen LogP contribution in [0, 0.1) is 0 Å². The Balaban J connectivity index is 1.85. The van der Waals surface area contributed by atoms with Crippen molar-refractivity contribution in [1.82, 2.24) is 10.9 Å². The number of hydrogen-bond acceptors (Lipinski definition) is 3. The average molecular weight is 357 g/mol. The fourth-order valence-electron chi connectivity index (χ4n) is 2.17. The van der Waals surface area contributed by atoms with E-state index in [0.29, 0.717) is 10.7 Å². The first-order valence-electron chi connectivity index (χ1n) is 8.21. The monoisotopic (exact) mass is 357 g/mol. The van der Waals surface area contributed by atoms with Gasteiger partial charge in [0, 0.05) is 11.3 Å². The first-order valence-corrected chi connectivity index (χ1v) is 8.61. The van der Waals surface area contributed by atoms with Crippen molar-refractivity contribution in [2.75, 3.05) is 5.32 Å². The Morgan fingerprint density at radius 3 is 2.48 bits per heavy atom. The van der Waals surface area contributed by atoms with Crippen molar-refractivity contribution in [2.45, 2.75) is 33.3 Å². The van der Waals surface area contributed by atoms with Crippen LogP contribution in [-0.2, 0) is 6.42 Å². The molecule has 0 aliphatic heterocycles. The Kier molecular flexibility index (Phi) is 6.77. The zero-order valence-corrected chi connectivity index (χ0v) is 15.4. The van der Waals surface area contributed by atoms with E-state index in [1.165, 1.54) is 5.56 Å². The van der Waals surface area contributed by atoms with E-state index >= 15 is 0 Å². The lowest BCUT2D eigenvalue weighted by Crippen LogP contribution is -2.43. The zero-order valence-electron chi connectivity index (χ0n) is 14.6. The highest BCUT2D eigenvalue weighted by atomic mass is 32.1. The van der Waals surface area contributed by atoms with Gasteiger partial charge in [-0.3, -0.25) is 15.6 Å². The largest absolute Gasteiger partial charge is 0.491 e. The molecule has 0 bridgehead atoms. The molecule has 0 aliphatic rings. The Bertz CT molecular complexity index is 730. The van der Waals surface area contributed by atoms with Gasteiger partial charge in [-0.05, 0) is 74.4 Å². The predicted molar refractivity (Wildman–Crippen MR) is 105 cm³/mol. The molecular formula is C19H23N3O2S. The topological polar surface area (TPSA) is 62.4 Å². The number of anilines is 1. The molecule has 3 N–H and O–H groups in total. The van der Waals surface area contributed by atoms with E-state index in [9.17, 15) is 4.79 Å². The van der Waals surface area contributed by atoms with Crippen LogP contribution in [0.15, 0.2) is 48.5 Å². The van der Waals surface area contributed by atoms with E-state index in [1.807, 2.05) is 32.0 Å². The molecule has 0 aliphatic carbocycles. The van der Waals surface area contributed by atoms with Crippen molar-refractivity contribution < 1.29 is 9.53 Å². The molecule has 25 heavy (non-hydrogen) atoms. The molecule has 0 fully saturated rings. The van der Waals surface area contributed by atoms with E-state index in [-0.39, 0.29) is 12.0 Å². The smallest absolute Gasteiger partial charge is 0.269 e. The van der Waals surface area contributed by atoms with Gasteiger partial charge in [-0.2, -0.15) is 0 Å². The maximum absolute atomic E-state index is 12.1. The number of amides is 1. The summed E-state index contributed by atoms with van der Waals surface area (Å²) < 4.78 is 5.55. The number of aryl methyl sites for hydroxylation is 1. The van der Waals surface area contributed by atoms with Gasteiger partial charge >= 0.3 is 0 Å². The maximum atomic E-state index is 12.1. The lowest BCUT2D eigenvalue weighted by atomic mass is 10.1. The molecule has 0 radical (unpaired) electrons. The van der Waals surface area contributed by atoms with Crippen molar-refractivity contribution in [3.8, 4) is 5.75 Å². The number of ether oxygens (including phenoxy) is 1. The van der Waals surface area contributed by atoms with Gasteiger partial charge in [0.05, 0.1) is 6.10 Å². The summed E-state index contributed by atoms with van der Waals surface area (Å²) in [7, 11) is 0. The summed E-state index contributed by atoms with van der Waals surface area (Å²) >= 11 is 5.20. The molecule has 1 amide bonds. The Labute approximate surface area is 153 Å². The second kappa shape index (κ2) is 9.03. The highest BCUT2D eigenvalue weighted by Crippen LogP contribution is 2.14. The maximum Gasteiger partial charge on any atom is 0.269 e. The average Bonchev–Trinajstić information content (AvgIpc) is 2.60. The number of hydrazine groups is 1. The molecule has 2 aromatic carbocycles. The Hall–Kier alpha value is -2.60. The molecule has 0 saturated heterocycles. The molecular weight excluding hydrogens is 334 g/mol. The van der Waals surface area contributed by atoms with Crippen LogP contribution in [0.25, 0.3) is 0 Å². The number of hydrogen-bond donors (Lipinski definition) is 3. The number of rotatable bonds is 5. The van der Waals surface area contributed by atoms with Crippen LogP contribution in [0.2, 0.25) is 0 Å². The third-order valence-electron chi connectivity index (χ3n) is 3.37. The van der Waals surface area contributed by atoms with Gasteiger partial charge in [0.2, 0.25) is 0 Å². The van der Waals surface area contributed by atoms with Gasteiger partial charge in [0.1, 0.15) is 5.75 Å². The lowest BCUT2D eigenvalue weighted by molar-refractivity contribution is 0.0944. The molecule has 5 nitrogen and oxygen atoms in total. The number of benzene rings is 2. The minimum atomic E-state index is -0.275.